The molecule has 25 heavy (non-hydrogen) atoms. The maximum atomic E-state index is 12.6. The number of aromatic nitrogens is 2. The fourth-order valence-electron chi connectivity index (χ4n) is 3.19. The Balaban J connectivity index is 1.76. The average Bonchev–Trinajstić information content (AvgIpc) is 3.29. The predicted octanol–water partition coefficient (Wildman–Crippen LogP) is 2.58. The normalized spacial score (nSPS) is 16.9. The molecule has 3 aromatic rings. The Labute approximate surface area is 145 Å². The SMILES string of the molecule is COc1ccc(-n2c(NC(=O)C3CCNC3)nc3ccccc32)cc1. The van der Waals surface area contributed by atoms with Crippen LogP contribution < -0.4 is 15.4 Å². The van der Waals surface area contributed by atoms with Gasteiger partial charge >= 0.3 is 0 Å². The molecule has 1 aliphatic heterocycles. The first-order valence-electron chi connectivity index (χ1n) is 8.40. The van der Waals surface area contributed by atoms with Crippen LogP contribution in [0.25, 0.3) is 16.7 Å². The lowest BCUT2D eigenvalue weighted by Crippen LogP contribution is -2.26. The summed E-state index contributed by atoms with van der Waals surface area (Å²) in [4.78, 5) is 17.2. The second-order valence-corrected chi connectivity index (χ2v) is 6.14. The monoisotopic (exact) mass is 336 g/mol. The molecule has 2 aromatic carbocycles. The van der Waals surface area contributed by atoms with E-state index in [1.165, 1.54) is 0 Å². The maximum Gasteiger partial charge on any atom is 0.231 e. The topological polar surface area (TPSA) is 68.2 Å². The van der Waals surface area contributed by atoms with Crippen LogP contribution in [0.5, 0.6) is 5.75 Å². The number of methoxy groups -OCH3 is 1. The van der Waals surface area contributed by atoms with Gasteiger partial charge < -0.3 is 10.1 Å². The predicted molar refractivity (Wildman–Crippen MR) is 97.2 cm³/mol. The van der Waals surface area contributed by atoms with E-state index in [4.69, 9.17) is 4.74 Å². The van der Waals surface area contributed by atoms with Crippen LogP contribution in [0.2, 0.25) is 0 Å². The van der Waals surface area contributed by atoms with Crippen molar-refractivity contribution in [3.63, 3.8) is 0 Å². The van der Waals surface area contributed by atoms with Crippen LogP contribution in [-0.4, -0.2) is 35.7 Å². The fourth-order valence-corrected chi connectivity index (χ4v) is 3.19. The number of para-hydroxylation sites is 2. The Kier molecular flexibility index (Phi) is 4.11. The molecule has 0 bridgehead atoms. The quantitative estimate of drug-likeness (QED) is 0.768. The Morgan fingerprint density at radius 3 is 2.76 bits per heavy atom. The molecule has 1 fully saturated rings. The molecule has 0 saturated carbocycles. The number of anilines is 1. The van der Waals surface area contributed by atoms with Crippen molar-refractivity contribution in [2.75, 3.05) is 25.5 Å². The molecule has 1 aliphatic rings. The number of carbonyl (C=O) groups excluding carboxylic acids is 1. The van der Waals surface area contributed by atoms with Gasteiger partial charge in [-0.25, -0.2) is 4.98 Å². The third-order valence-electron chi connectivity index (χ3n) is 4.56. The van der Waals surface area contributed by atoms with Gasteiger partial charge in [0.1, 0.15) is 5.75 Å². The number of rotatable bonds is 4. The lowest BCUT2D eigenvalue weighted by atomic mass is 10.1. The molecule has 2 heterocycles. The summed E-state index contributed by atoms with van der Waals surface area (Å²) in [5.74, 6) is 1.33. The molecule has 1 saturated heterocycles. The summed E-state index contributed by atoms with van der Waals surface area (Å²) < 4.78 is 7.20. The van der Waals surface area contributed by atoms with Crippen molar-refractivity contribution in [3.8, 4) is 11.4 Å². The molecular weight excluding hydrogens is 316 g/mol. The Bertz CT molecular complexity index is 895. The van der Waals surface area contributed by atoms with Crippen molar-refractivity contribution in [1.29, 1.82) is 0 Å². The average molecular weight is 336 g/mol. The standard InChI is InChI=1S/C19H20N4O2/c1-25-15-8-6-14(7-9-15)23-17-5-3-2-4-16(17)21-19(23)22-18(24)13-10-11-20-12-13/h2-9,13,20H,10-12H2,1H3,(H,21,22,24). The molecule has 1 atom stereocenters. The number of imidazole rings is 1. The van der Waals surface area contributed by atoms with Gasteiger partial charge in [-0.2, -0.15) is 0 Å². The van der Waals surface area contributed by atoms with E-state index in [0.29, 0.717) is 12.5 Å². The van der Waals surface area contributed by atoms with Crippen LogP contribution in [0.15, 0.2) is 48.5 Å². The molecule has 1 aromatic heterocycles. The summed E-state index contributed by atoms with van der Waals surface area (Å²) in [5, 5.41) is 6.23. The van der Waals surface area contributed by atoms with E-state index in [2.05, 4.69) is 15.6 Å². The lowest BCUT2D eigenvalue weighted by molar-refractivity contribution is -0.119. The molecular formula is C19H20N4O2. The van der Waals surface area contributed by atoms with E-state index in [1.807, 2.05) is 53.1 Å². The number of hydrogen-bond acceptors (Lipinski definition) is 4. The van der Waals surface area contributed by atoms with Gasteiger partial charge in [0.2, 0.25) is 11.9 Å². The Morgan fingerprint density at radius 2 is 2.04 bits per heavy atom. The van der Waals surface area contributed by atoms with Crippen molar-refractivity contribution >= 4 is 22.9 Å². The number of amides is 1. The molecule has 1 amide bonds. The van der Waals surface area contributed by atoms with Crippen molar-refractivity contribution in [2.45, 2.75) is 6.42 Å². The first-order chi connectivity index (χ1) is 12.3. The van der Waals surface area contributed by atoms with E-state index in [-0.39, 0.29) is 11.8 Å². The molecule has 6 heteroatoms. The number of hydrogen-bond donors (Lipinski definition) is 2. The minimum absolute atomic E-state index is 0.00932. The first-order valence-corrected chi connectivity index (χ1v) is 8.40. The van der Waals surface area contributed by atoms with Gasteiger partial charge in [0, 0.05) is 12.2 Å². The van der Waals surface area contributed by atoms with E-state index in [9.17, 15) is 4.79 Å². The van der Waals surface area contributed by atoms with Gasteiger partial charge in [-0.05, 0) is 49.4 Å². The second kappa shape index (κ2) is 6.57. The molecule has 4 rings (SSSR count). The van der Waals surface area contributed by atoms with E-state index < -0.39 is 0 Å². The number of benzene rings is 2. The van der Waals surface area contributed by atoms with Crippen LogP contribution in [0.4, 0.5) is 5.95 Å². The van der Waals surface area contributed by atoms with Crippen LogP contribution in [0, 0.1) is 5.92 Å². The van der Waals surface area contributed by atoms with Crippen LogP contribution in [0.3, 0.4) is 0 Å². The molecule has 6 nitrogen and oxygen atoms in total. The van der Waals surface area contributed by atoms with Crippen molar-refractivity contribution in [2.24, 2.45) is 5.92 Å². The highest BCUT2D eigenvalue weighted by atomic mass is 16.5. The first kappa shape index (κ1) is 15.7. The highest BCUT2D eigenvalue weighted by Gasteiger charge is 2.24. The lowest BCUT2D eigenvalue weighted by Gasteiger charge is -2.13. The minimum atomic E-state index is -0.0101. The third kappa shape index (κ3) is 2.96. The third-order valence-corrected chi connectivity index (χ3v) is 4.56. The highest BCUT2D eigenvalue weighted by Crippen LogP contribution is 2.26. The summed E-state index contributed by atoms with van der Waals surface area (Å²) in [5.41, 5.74) is 2.72. The minimum Gasteiger partial charge on any atom is -0.497 e. The zero-order valence-electron chi connectivity index (χ0n) is 14.0. The number of nitrogens with one attached hydrogen (secondary N) is 2. The van der Waals surface area contributed by atoms with Gasteiger partial charge in [0.25, 0.3) is 0 Å². The summed E-state index contributed by atoms with van der Waals surface area (Å²) in [6.45, 7) is 1.60. The summed E-state index contributed by atoms with van der Waals surface area (Å²) in [6.07, 6.45) is 0.856. The summed E-state index contributed by atoms with van der Waals surface area (Å²) in [6, 6.07) is 15.6. The molecule has 128 valence electrons. The van der Waals surface area contributed by atoms with E-state index in [1.54, 1.807) is 7.11 Å². The molecule has 0 radical (unpaired) electrons. The van der Waals surface area contributed by atoms with E-state index in [0.717, 1.165) is 35.4 Å². The number of nitrogens with zero attached hydrogens (tertiary/aromatic N) is 2. The maximum absolute atomic E-state index is 12.6. The Hall–Kier alpha value is -2.86. The fraction of sp³-hybridized carbons (Fsp3) is 0.263. The number of ether oxygens (including phenoxy) is 1. The zero-order chi connectivity index (χ0) is 17.2. The number of carbonyl (C=O) groups is 1. The van der Waals surface area contributed by atoms with Crippen molar-refractivity contribution in [3.05, 3.63) is 48.5 Å². The van der Waals surface area contributed by atoms with Gasteiger partial charge in [0.05, 0.1) is 24.1 Å². The van der Waals surface area contributed by atoms with Crippen molar-refractivity contribution in [1.82, 2.24) is 14.9 Å². The van der Waals surface area contributed by atoms with Gasteiger partial charge in [-0.3, -0.25) is 14.7 Å². The van der Waals surface area contributed by atoms with Gasteiger partial charge in [-0.1, -0.05) is 12.1 Å². The molecule has 2 N–H and O–H groups in total. The molecule has 0 aliphatic carbocycles. The Morgan fingerprint density at radius 1 is 1.24 bits per heavy atom. The van der Waals surface area contributed by atoms with Gasteiger partial charge in [0.15, 0.2) is 0 Å². The number of fused-ring (bicyclic) bond motifs is 1. The van der Waals surface area contributed by atoms with Crippen molar-refractivity contribution < 1.29 is 9.53 Å². The summed E-state index contributed by atoms with van der Waals surface area (Å²) in [7, 11) is 1.64. The van der Waals surface area contributed by atoms with E-state index >= 15 is 0 Å². The largest absolute Gasteiger partial charge is 0.497 e. The van der Waals surface area contributed by atoms with Gasteiger partial charge in [-0.15, -0.1) is 0 Å². The zero-order valence-corrected chi connectivity index (χ0v) is 14.0. The second-order valence-electron chi connectivity index (χ2n) is 6.14. The summed E-state index contributed by atoms with van der Waals surface area (Å²) >= 11 is 0. The van der Waals surface area contributed by atoms with Crippen LogP contribution in [0.1, 0.15) is 6.42 Å². The molecule has 1 unspecified atom stereocenters. The smallest absolute Gasteiger partial charge is 0.231 e. The highest BCUT2D eigenvalue weighted by molar-refractivity contribution is 5.94. The van der Waals surface area contributed by atoms with Crippen LogP contribution in [-0.2, 0) is 4.79 Å². The molecule has 0 spiro atoms. The van der Waals surface area contributed by atoms with Crippen LogP contribution >= 0.6 is 0 Å².